The number of methoxy groups -OCH3 is 1. The number of ether oxygens (including phenoxy) is 1. The van der Waals surface area contributed by atoms with E-state index in [0.29, 0.717) is 24.6 Å². The van der Waals surface area contributed by atoms with Gasteiger partial charge in [0.1, 0.15) is 0 Å². The maximum atomic E-state index is 12.7. The Morgan fingerprint density at radius 3 is 2.44 bits per heavy atom. The number of hydrogen-bond acceptors (Lipinski definition) is 4. The first-order valence-corrected chi connectivity index (χ1v) is 9.88. The molecule has 5 nitrogen and oxygen atoms in total. The summed E-state index contributed by atoms with van der Waals surface area (Å²) in [6.07, 6.45) is 0. The van der Waals surface area contributed by atoms with E-state index < -0.39 is 0 Å². The van der Waals surface area contributed by atoms with Crippen molar-refractivity contribution in [3.63, 3.8) is 0 Å². The third-order valence-corrected chi connectivity index (χ3v) is 5.03. The predicted octanol–water partition coefficient (Wildman–Crippen LogP) is 3.92. The minimum Gasteiger partial charge on any atom is -0.383 e. The van der Waals surface area contributed by atoms with E-state index in [2.05, 4.69) is 24.5 Å². The number of amides is 2. The molecule has 0 saturated heterocycles. The quantitative estimate of drug-likeness (QED) is 0.506. The fourth-order valence-corrected chi connectivity index (χ4v) is 3.30. The van der Waals surface area contributed by atoms with Gasteiger partial charge in [0.2, 0.25) is 5.91 Å². The summed E-state index contributed by atoms with van der Waals surface area (Å²) in [5, 5.41) is 5.70. The minimum atomic E-state index is -0.185. The molecule has 0 heterocycles. The standard InChI is InChI=1S/C21H26N2O3S/c1-15(2)16-8-10-17(11-9-16)23-21(25)18-6-4-5-7-19(18)27-14-20(24)22-12-13-26-3/h4-11,15H,12-14H2,1-3H3,(H,22,24)(H,23,25). The topological polar surface area (TPSA) is 67.4 Å². The summed E-state index contributed by atoms with van der Waals surface area (Å²) in [5.74, 6) is 0.422. The van der Waals surface area contributed by atoms with Crippen LogP contribution in [0.4, 0.5) is 5.69 Å². The van der Waals surface area contributed by atoms with Crippen LogP contribution in [0.5, 0.6) is 0 Å². The molecular weight excluding hydrogens is 360 g/mol. The molecule has 2 aromatic carbocycles. The Morgan fingerprint density at radius 1 is 1.07 bits per heavy atom. The first-order chi connectivity index (χ1) is 13.0. The van der Waals surface area contributed by atoms with E-state index in [9.17, 15) is 9.59 Å². The Labute approximate surface area is 164 Å². The number of hydrogen-bond donors (Lipinski definition) is 2. The molecule has 0 atom stereocenters. The molecule has 0 unspecified atom stereocenters. The van der Waals surface area contributed by atoms with Crippen molar-refractivity contribution < 1.29 is 14.3 Å². The number of thioether (sulfide) groups is 1. The lowest BCUT2D eigenvalue weighted by atomic mass is 10.0. The Hall–Kier alpha value is -2.31. The van der Waals surface area contributed by atoms with E-state index in [-0.39, 0.29) is 17.6 Å². The van der Waals surface area contributed by atoms with Crippen molar-refractivity contribution in [2.24, 2.45) is 0 Å². The van der Waals surface area contributed by atoms with Gasteiger partial charge in [0.25, 0.3) is 5.91 Å². The van der Waals surface area contributed by atoms with Crippen molar-refractivity contribution in [1.29, 1.82) is 0 Å². The molecule has 0 aliphatic rings. The largest absolute Gasteiger partial charge is 0.383 e. The fraction of sp³-hybridized carbons (Fsp3) is 0.333. The molecule has 27 heavy (non-hydrogen) atoms. The smallest absolute Gasteiger partial charge is 0.256 e. The van der Waals surface area contributed by atoms with Gasteiger partial charge in [-0.15, -0.1) is 11.8 Å². The number of carbonyl (C=O) groups excluding carboxylic acids is 2. The normalized spacial score (nSPS) is 10.7. The van der Waals surface area contributed by atoms with Crippen LogP contribution < -0.4 is 10.6 Å². The molecule has 2 aromatic rings. The SMILES string of the molecule is COCCNC(=O)CSc1ccccc1C(=O)Nc1ccc(C(C)C)cc1. The maximum absolute atomic E-state index is 12.7. The molecule has 144 valence electrons. The van der Waals surface area contributed by atoms with Crippen LogP contribution in [0.25, 0.3) is 0 Å². The van der Waals surface area contributed by atoms with Crippen molar-refractivity contribution in [3.8, 4) is 0 Å². The van der Waals surface area contributed by atoms with Crippen LogP contribution in [0, 0.1) is 0 Å². The van der Waals surface area contributed by atoms with E-state index in [1.54, 1.807) is 13.2 Å². The van der Waals surface area contributed by atoms with Crippen LogP contribution in [0.3, 0.4) is 0 Å². The first-order valence-electron chi connectivity index (χ1n) is 8.90. The van der Waals surface area contributed by atoms with Gasteiger partial charge in [-0.25, -0.2) is 0 Å². The van der Waals surface area contributed by atoms with Gasteiger partial charge in [-0.2, -0.15) is 0 Å². The lowest BCUT2D eigenvalue weighted by Crippen LogP contribution is -2.28. The molecule has 0 aliphatic carbocycles. The second-order valence-electron chi connectivity index (χ2n) is 6.36. The van der Waals surface area contributed by atoms with Gasteiger partial charge in [0, 0.05) is 24.2 Å². The second kappa shape index (κ2) is 10.7. The van der Waals surface area contributed by atoms with Gasteiger partial charge in [-0.05, 0) is 35.7 Å². The average Bonchev–Trinajstić information content (AvgIpc) is 2.67. The number of nitrogens with one attached hydrogen (secondary N) is 2. The fourth-order valence-electron chi connectivity index (χ4n) is 2.42. The zero-order valence-corrected chi connectivity index (χ0v) is 16.8. The molecule has 0 radical (unpaired) electrons. The van der Waals surface area contributed by atoms with Crippen molar-refractivity contribution in [3.05, 3.63) is 59.7 Å². The van der Waals surface area contributed by atoms with Crippen LogP contribution in [-0.4, -0.2) is 37.8 Å². The molecule has 2 N–H and O–H groups in total. The monoisotopic (exact) mass is 386 g/mol. The zero-order valence-electron chi connectivity index (χ0n) is 16.0. The second-order valence-corrected chi connectivity index (χ2v) is 7.38. The lowest BCUT2D eigenvalue weighted by Gasteiger charge is -2.11. The van der Waals surface area contributed by atoms with Gasteiger partial charge < -0.3 is 15.4 Å². The number of rotatable bonds is 9. The van der Waals surface area contributed by atoms with Gasteiger partial charge in [-0.1, -0.05) is 38.1 Å². The number of carbonyl (C=O) groups is 2. The molecule has 2 amide bonds. The predicted molar refractivity (Wildman–Crippen MR) is 111 cm³/mol. The first kappa shape index (κ1) is 21.0. The van der Waals surface area contributed by atoms with Crippen molar-refractivity contribution in [1.82, 2.24) is 5.32 Å². The summed E-state index contributed by atoms with van der Waals surface area (Å²) in [6.45, 7) is 5.22. The summed E-state index contributed by atoms with van der Waals surface area (Å²) >= 11 is 1.34. The van der Waals surface area contributed by atoms with E-state index in [1.165, 1.54) is 17.3 Å². The Bertz CT molecular complexity index is 760. The highest BCUT2D eigenvalue weighted by atomic mass is 32.2. The summed E-state index contributed by atoms with van der Waals surface area (Å²) in [6, 6.07) is 15.2. The summed E-state index contributed by atoms with van der Waals surface area (Å²) < 4.78 is 4.91. The molecule has 6 heteroatoms. The molecule has 0 spiro atoms. The van der Waals surface area contributed by atoms with Crippen LogP contribution >= 0.6 is 11.8 Å². The Morgan fingerprint density at radius 2 is 1.78 bits per heavy atom. The van der Waals surface area contributed by atoms with Crippen LogP contribution in [0.1, 0.15) is 35.7 Å². The average molecular weight is 387 g/mol. The lowest BCUT2D eigenvalue weighted by molar-refractivity contribution is -0.118. The van der Waals surface area contributed by atoms with Crippen LogP contribution in [0.2, 0.25) is 0 Å². The minimum absolute atomic E-state index is 0.0865. The van der Waals surface area contributed by atoms with Crippen molar-refractivity contribution >= 4 is 29.3 Å². The van der Waals surface area contributed by atoms with Crippen LogP contribution in [0.15, 0.2) is 53.4 Å². The van der Waals surface area contributed by atoms with Crippen molar-refractivity contribution in [2.45, 2.75) is 24.7 Å². The molecule has 2 rings (SSSR count). The van der Waals surface area contributed by atoms with Crippen molar-refractivity contribution in [2.75, 3.05) is 31.3 Å². The van der Waals surface area contributed by atoms with Gasteiger partial charge in [0.15, 0.2) is 0 Å². The summed E-state index contributed by atoms with van der Waals surface area (Å²) in [4.78, 5) is 25.3. The van der Waals surface area contributed by atoms with E-state index in [4.69, 9.17) is 4.74 Å². The number of anilines is 1. The Kier molecular flexibility index (Phi) is 8.36. The summed E-state index contributed by atoms with van der Waals surface area (Å²) in [5.41, 5.74) is 2.53. The highest BCUT2D eigenvalue weighted by Crippen LogP contribution is 2.24. The number of benzene rings is 2. The van der Waals surface area contributed by atoms with E-state index in [0.717, 1.165) is 10.6 Å². The van der Waals surface area contributed by atoms with E-state index in [1.807, 2.05) is 42.5 Å². The van der Waals surface area contributed by atoms with Gasteiger partial charge in [-0.3, -0.25) is 9.59 Å². The summed E-state index contributed by atoms with van der Waals surface area (Å²) in [7, 11) is 1.59. The molecule has 0 fully saturated rings. The van der Waals surface area contributed by atoms with Gasteiger partial charge >= 0.3 is 0 Å². The highest BCUT2D eigenvalue weighted by molar-refractivity contribution is 8.00. The molecule has 0 bridgehead atoms. The highest BCUT2D eigenvalue weighted by Gasteiger charge is 2.13. The maximum Gasteiger partial charge on any atom is 0.256 e. The van der Waals surface area contributed by atoms with E-state index >= 15 is 0 Å². The molecule has 0 aromatic heterocycles. The third kappa shape index (κ3) is 6.73. The molecular formula is C21H26N2O3S. The zero-order chi connectivity index (χ0) is 19.6. The molecule has 0 aliphatic heterocycles. The van der Waals surface area contributed by atoms with Gasteiger partial charge in [0.05, 0.1) is 17.9 Å². The molecule has 0 saturated carbocycles. The Balaban J connectivity index is 1.99. The van der Waals surface area contributed by atoms with Crippen LogP contribution in [-0.2, 0) is 9.53 Å². The third-order valence-electron chi connectivity index (χ3n) is 3.95.